The third-order valence-corrected chi connectivity index (χ3v) is 5.24. The fourth-order valence-corrected chi connectivity index (χ4v) is 4.07. The number of fused-ring (bicyclic) bond motifs is 1. The predicted molar refractivity (Wildman–Crippen MR) is 130 cm³/mol. The van der Waals surface area contributed by atoms with Crippen molar-refractivity contribution in [1.29, 1.82) is 0 Å². The number of aryl methyl sites for hydroxylation is 1. The fraction of sp³-hybridized carbons (Fsp3) is 0.172. The Bertz CT molecular complexity index is 1210. The van der Waals surface area contributed by atoms with Crippen LogP contribution in [0.4, 0.5) is 0 Å². The average Bonchev–Trinajstić information content (AvgIpc) is 2.79. The van der Waals surface area contributed by atoms with Crippen LogP contribution in [0.5, 0.6) is 0 Å². The van der Waals surface area contributed by atoms with Gasteiger partial charge >= 0.3 is 0 Å². The zero-order valence-corrected chi connectivity index (χ0v) is 18.2. The lowest BCUT2D eigenvalue weighted by Gasteiger charge is -2.16. The molecule has 0 aliphatic rings. The molecule has 0 radical (unpaired) electrons. The molecule has 0 atom stereocenters. The van der Waals surface area contributed by atoms with Gasteiger partial charge in [-0.3, -0.25) is 0 Å². The molecule has 29 heavy (non-hydrogen) atoms. The Kier molecular flexibility index (Phi) is 6.67. The lowest BCUT2D eigenvalue weighted by molar-refractivity contribution is 1.47. The third kappa shape index (κ3) is 3.89. The van der Waals surface area contributed by atoms with E-state index in [1.807, 2.05) is 13.8 Å². The van der Waals surface area contributed by atoms with Crippen LogP contribution < -0.4 is 10.4 Å². The highest BCUT2D eigenvalue weighted by atomic mass is 14.2. The first-order valence-electron chi connectivity index (χ1n) is 10.5. The average molecular weight is 379 g/mol. The summed E-state index contributed by atoms with van der Waals surface area (Å²) in [6, 6.07) is 28.3. The van der Waals surface area contributed by atoms with Crippen LogP contribution in [0.2, 0.25) is 0 Å². The molecule has 0 N–H and O–H groups in total. The smallest absolute Gasteiger partial charge is 0.00297 e. The maximum atomic E-state index is 2.33. The minimum atomic E-state index is 1.27. The van der Waals surface area contributed by atoms with Crippen molar-refractivity contribution in [3.8, 4) is 22.3 Å². The summed E-state index contributed by atoms with van der Waals surface area (Å²) in [4.78, 5) is 0. The molecule has 0 aliphatic carbocycles. The Balaban J connectivity index is 0.00000117. The van der Waals surface area contributed by atoms with Crippen molar-refractivity contribution in [2.45, 2.75) is 34.6 Å². The quantitative estimate of drug-likeness (QED) is 0.349. The molecule has 0 heterocycles. The molecule has 4 aromatic carbocycles. The van der Waals surface area contributed by atoms with Gasteiger partial charge in [0.2, 0.25) is 0 Å². The third-order valence-electron chi connectivity index (χ3n) is 5.24. The Labute approximate surface area is 174 Å². The van der Waals surface area contributed by atoms with Gasteiger partial charge in [0, 0.05) is 0 Å². The number of benzene rings is 4. The molecule has 0 saturated carbocycles. The SMILES string of the molecule is C/C=c1/c(-c2ccccc2)c2ccc(C)cc2c(-c2ccccc2)/c1=C/C.CC. The van der Waals surface area contributed by atoms with Crippen LogP contribution in [0.3, 0.4) is 0 Å². The van der Waals surface area contributed by atoms with Crippen LogP contribution in [0.15, 0.2) is 78.9 Å². The zero-order valence-electron chi connectivity index (χ0n) is 18.2. The second kappa shape index (κ2) is 9.39. The molecular weight excluding hydrogens is 348 g/mol. The first-order chi connectivity index (χ1) is 14.2. The lowest BCUT2D eigenvalue weighted by Crippen LogP contribution is -2.29. The van der Waals surface area contributed by atoms with E-state index in [-0.39, 0.29) is 0 Å². The molecule has 0 aliphatic heterocycles. The van der Waals surface area contributed by atoms with Gasteiger partial charge in [-0.15, -0.1) is 0 Å². The topological polar surface area (TPSA) is 0 Å². The van der Waals surface area contributed by atoms with E-state index < -0.39 is 0 Å². The first kappa shape index (κ1) is 20.6. The van der Waals surface area contributed by atoms with Crippen LogP contribution in [0.25, 0.3) is 45.2 Å². The molecule has 0 bridgehead atoms. The van der Waals surface area contributed by atoms with E-state index in [1.165, 1.54) is 49.0 Å². The van der Waals surface area contributed by atoms with Crippen LogP contribution in [-0.2, 0) is 0 Å². The molecule has 0 fully saturated rings. The minimum absolute atomic E-state index is 1.27. The Morgan fingerprint density at radius 3 is 1.45 bits per heavy atom. The van der Waals surface area contributed by atoms with Crippen molar-refractivity contribution in [3.63, 3.8) is 0 Å². The van der Waals surface area contributed by atoms with Gasteiger partial charge in [-0.2, -0.15) is 0 Å². The summed E-state index contributed by atoms with van der Waals surface area (Å²) in [5.74, 6) is 0. The molecule has 146 valence electrons. The summed E-state index contributed by atoms with van der Waals surface area (Å²) in [5, 5.41) is 5.24. The molecule has 0 aromatic heterocycles. The van der Waals surface area contributed by atoms with Gasteiger partial charge in [0.15, 0.2) is 0 Å². The first-order valence-corrected chi connectivity index (χ1v) is 10.5. The van der Waals surface area contributed by atoms with E-state index in [4.69, 9.17) is 0 Å². The Morgan fingerprint density at radius 1 is 0.552 bits per heavy atom. The van der Waals surface area contributed by atoms with Crippen LogP contribution in [0.1, 0.15) is 33.3 Å². The molecule has 0 heteroatoms. The highest BCUT2D eigenvalue weighted by Crippen LogP contribution is 2.31. The van der Waals surface area contributed by atoms with Gasteiger partial charge in [0.1, 0.15) is 0 Å². The van der Waals surface area contributed by atoms with E-state index >= 15 is 0 Å². The number of hydrogen-bond acceptors (Lipinski definition) is 0. The lowest BCUT2D eigenvalue weighted by atomic mass is 9.87. The summed E-state index contributed by atoms with van der Waals surface area (Å²) < 4.78 is 0. The summed E-state index contributed by atoms with van der Waals surface area (Å²) in [6.07, 6.45) is 4.51. The summed E-state index contributed by atoms with van der Waals surface area (Å²) >= 11 is 0. The van der Waals surface area contributed by atoms with Crippen molar-refractivity contribution >= 4 is 22.9 Å². The van der Waals surface area contributed by atoms with Crippen LogP contribution >= 0.6 is 0 Å². The van der Waals surface area contributed by atoms with E-state index in [2.05, 4.69) is 112 Å². The molecule has 0 nitrogen and oxygen atoms in total. The fourth-order valence-electron chi connectivity index (χ4n) is 4.07. The number of hydrogen-bond donors (Lipinski definition) is 0. The number of rotatable bonds is 2. The molecule has 0 unspecified atom stereocenters. The zero-order chi connectivity index (χ0) is 20.8. The van der Waals surface area contributed by atoms with Crippen molar-refractivity contribution in [1.82, 2.24) is 0 Å². The highest BCUT2D eigenvalue weighted by Gasteiger charge is 2.14. The van der Waals surface area contributed by atoms with Gasteiger partial charge < -0.3 is 0 Å². The second-order valence-corrected chi connectivity index (χ2v) is 6.94. The maximum Gasteiger partial charge on any atom is -0.00297 e. The highest BCUT2D eigenvalue weighted by molar-refractivity contribution is 6.05. The monoisotopic (exact) mass is 378 g/mol. The van der Waals surface area contributed by atoms with Crippen molar-refractivity contribution in [2.75, 3.05) is 0 Å². The molecule has 0 amide bonds. The van der Waals surface area contributed by atoms with Crippen LogP contribution in [-0.4, -0.2) is 0 Å². The van der Waals surface area contributed by atoms with Gasteiger partial charge in [-0.05, 0) is 64.2 Å². The van der Waals surface area contributed by atoms with Gasteiger partial charge in [0.25, 0.3) is 0 Å². The summed E-state index contributed by atoms with van der Waals surface area (Å²) in [6.45, 7) is 10.5. The van der Waals surface area contributed by atoms with Crippen LogP contribution in [0, 0.1) is 6.92 Å². The summed E-state index contributed by atoms with van der Waals surface area (Å²) in [5.41, 5.74) is 6.46. The molecular formula is C29H30. The predicted octanol–water partition coefficient (Wildman–Crippen LogP) is 7.11. The molecule has 0 spiro atoms. The van der Waals surface area contributed by atoms with Crippen molar-refractivity contribution < 1.29 is 0 Å². The van der Waals surface area contributed by atoms with Crippen molar-refractivity contribution in [2.24, 2.45) is 0 Å². The Hall–Kier alpha value is -3.12. The molecule has 0 saturated heterocycles. The van der Waals surface area contributed by atoms with Gasteiger partial charge in [0.05, 0.1) is 0 Å². The van der Waals surface area contributed by atoms with E-state index in [0.29, 0.717) is 0 Å². The second-order valence-electron chi connectivity index (χ2n) is 6.94. The standard InChI is InChI=1S/C27H24.C2H6/c1-4-22-23(5-2)27(21-14-10-7-11-15-21)25-18-19(3)16-17-24(25)26(22)20-12-8-6-9-13-20;1-2/h4-18H,1-3H3;1-2H3/b22-4+,23-5+;. The van der Waals surface area contributed by atoms with Gasteiger partial charge in [-0.25, -0.2) is 0 Å². The summed E-state index contributed by atoms with van der Waals surface area (Å²) in [7, 11) is 0. The normalized spacial score (nSPS) is 12.0. The van der Waals surface area contributed by atoms with E-state index in [9.17, 15) is 0 Å². The van der Waals surface area contributed by atoms with E-state index in [1.54, 1.807) is 0 Å². The van der Waals surface area contributed by atoms with Crippen molar-refractivity contribution in [3.05, 3.63) is 94.9 Å². The Morgan fingerprint density at radius 2 is 1.00 bits per heavy atom. The minimum Gasteiger partial charge on any atom is -0.0791 e. The van der Waals surface area contributed by atoms with E-state index in [0.717, 1.165) is 0 Å². The van der Waals surface area contributed by atoms with Gasteiger partial charge in [-0.1, -0.05) is 110 Å². The largest absolute Gasteiger partial charge is 0.0791 e. The molecule has 4 rings (SSSR count). The molecule has 4 aromatic rings. The maximum absolute atomic E-state index is 2.33.